The zero-order valence-corrected chi connectivity index (χ0v) is 16.4. The third-order valence-corrected chi connectivity index (χ3v) is 6.50. The second-order valence-electron chi connectivity index (χ2n) is 7.83. The molecule has 0 radical (unpaired) electrons. The molecule has 2 aromatic carbocycles. The van der Waals surface area contributed by atoms with Gasteiger partial charge in [0.2, 0.25) is 5.91 Å². The summed E-state index contributed by atoms with van der Waals surface area (Å²) in [6.45, 7) is 1.77. The van der Waals surface area contributed by atoms with Gasteiger partial charge in [-0.1, -0.05) is 54.8 Å². The summed E-state index contributed by atoms with van der Waals surface area (Å²) in [6.07, 6.45) is 6.37. The molecule has 1 N–H and O–H groups in total. The van der Waals surface area contributed by atoms with Crippen LogP contribution >= 0.6 is 11.6 Å². The lowest BCUT2D eigenvalue weighted by molar-refractivity contribution is -0.126. The Morgan fingerprint density at radius 2 is 1.74 bits per heavy atom. The van der Waals surface area contributed by atoms with Gasteiger partial charge in [0.05, 0.1) is 5.41 Å². The first-order valence-electron chi connectivity index (χ1n) is 10.1. The minimum Gasteiger partial charge on any atom is -0.367 e. The lowest BCUT2D eigenvalue weighted by Gasteiger charge is -2.31. The van der Waals surface area contributed by atoms with Gasteiger partial charge in [-0.2, -0.15) is 0 Å². The first kappa shape index (κ1) is 18.4. The third kappa shape index (κ3) is 3.70. The normalized spacial score (nSPS) is 21.4. The van der Waals surface area contributed by atoms with Gasteiger partial charge in [0.25, 0.3) is 0 Å². The molecule has 4 rings (SSSR count). The fraction of sp³-hybridized carbons (Fsp3) is 0.435. The summed E-state index contributed by atoms with van der Waals surface area (Å²) in [5.41, 5.74) is 1.97. The summed E-state index contributed by atoms with van der Waals surface area (Å²) in [5.74, 6) is 0.183. The molecule has 27 heavy (non-hydrogen) atoms. The molecule has 2 aliphatic rings. The summed E-state index contributed by atoms with van der Waals surface area (Å²) in [5, 5.41) is 4.03. The number of halogens is 1. The predicted molar refractivity (Wildman–Crippen MR) is 111 cm³/mol. The van der Waals surface area contributed by atoms with Crippen molar-refractivity contribution >= 4 is 23.2 Å². The van der Waals surface area contributed by atoms with Gasteiger partial charge in [0, 0.05) is 29.8 Å². The van der Waals surface area contributed by atoms with Crippen LogP contribution in [0.25, 0.3) is 0 Å². The van der Waals surface area contributed by atoms with E-state index in [2.05, 4.69) is 34.5 Å². The fourth-order valence-corrected chi connectivity index (χ4v) is 4.91. The Balaban J connectivity index is 1.46. The van der Waals surface area contributed by atoms with Crippen molar-refractivity contribution in [3.63, 3.8) is 0 Å². The first-order valence-corrected chi connectivity index (χ1v) is 10.4. The largest absolute Gasteiger partial charge is 0.367 e. The van der Waals surface area contributed by atoms with Crippen LogP contribution in [-0.2, 0) is 10.2 Å². The van der Waals surface area contributed by atoms with Gasteiger partial charge in [0.1, 0.15) is 0 Å². The number of carbonyl (C=O) groups excluding carboxylic acids is 1. The van der Waals surface area contributed by atoms with E-state index >= 15 is 0 Å². The summed E-state index contributed by atoms with van der Waals surface area (Å²) in [4.78, 5) is 15.7. The Kier molecular flexibility index (Phi) is 5.40. The second kappa shape index (κ2) is 7.93. The number of anilines is 1. The maximum absolute atomic E-state index is 13.3. The van der Waals surface area contributed by atoms with Crippen LogP contribution in [0.4, 0.5) is 5.69 Å². The molecule has 1 amide bonds. The first-order chi connectivity index (χ1) is 13.2. The number of amides is 1. The van der Waals surface area contributed by atoms with E-state index in [9.17, 15) is 4.79 Å². The average molecular weight is 383 g/mol. The molecular formula is C23H27ClN2O. The quantitative estimate of drug-likeness (QED) is 0.794. The molecule has 0 spiro atoms. The van der Waals surface area contributed by atoms with Crippen LogP contribution in [-0.4, -0.2) is 25.0 Å². The summed E-state index contributed by atoms with van der Waals surface area (Å²) in [7, 11) is 0. The smallest absolute Gasteiger partial charge is 0.230 e. The Hall–Kier alpha value is -2.00. The maximum atomic E-state index is 13.3. The number of para-hydroxylation sites is 1. The van der Waals surface area contributed by atoms with Gasteiger partial charge in [0.15, 0.2) is 0 Å². The van der Waals surface area contributed by atoms with E-state index in [4.69, 9.17) is 11.6 Å². The van der Waals surface area contributed by atoms with E-state index in [1.54, 1.807) is 0 Å². The van der Waals surface area contributed by atoms with Crippen LogP contribution in [0, 0.1) is 0 Å². The molecule has 2 aromatic rings. The van der Waals surface area contributed by atoms with E-state index in [0.717, 1.165) is 49.2 Å². The Morgan fingerprint density at radius 3 is 2.44 bits per heavy atom. The van der Waals surface area contributed by atoms with E-state index in [-0.39, 0.29) is 11.3 Å². The predicted octanol–water partition coefficient (Wildman–Crippen LogP) is 4.94. The van der Waals surface area contributed by atoms with Crippen LogP contribution in [0.5, 0.6) is 0 Å². The second-order valence-corrected chi connectivity index (χ2v) is 8.27. The van der Waals surface area contributed by atoms with E-state index in [1.807, 2.05) is 30.3 Å². The minimum absolute atomic E-state index is 0.183. The number of carbonyl (C=O) groups is 1. The molecule has 0 bridgehead atoms. The summed E-state index contributed by atoms with van der Waals surface area (Å²) >= 11 is 6.06. The Labute approximate surface area is 166 Å². The summed E-state index contributed by atoms with van der Waals surface area (Å²) < 4.78 is 0. The maximum Gasteiger partial charge on any atom is 0.230 e. The monoisotopic (exact) mass is 382 g/mol. The molecule has 1 saturated heterocycles. The number of rotatable bonds is 5. The fourth-order valence-electron chi connectivity index (χ4n) is 4.78. The lowest BCUT2D eigenvalue weighted by Crippen LogP contribution is -2.47. The highest BCUT2D eigenvalue weighted by Crippen LogP contribution is 2.41. The number of nitrogens with zero attached hydrogens (tertiary/aromatic N) is 1. The number of hydrogen-bond donors (Lipinski definition) is 1. The van der Waals surface area contributed by atoms with Crippen LogP contribution in [0.1, 0.15) is 44.1 Å². The molecule has 142 valence electrons. The average Bonchev–Trinajstić information content (AvgIpc) is 3.38. The van der Waals surface area contributed by atoms with Crippen molar-refractivity contribution in [3.05, 3.63) is 65.2 Å². The van der Waals surface area contributed by atoms with Crippen molar-refractivity contribution in [1.29, 1.82) is 0 Å². The number of nitrogens with one attached hydrogen (secondary N) is 1. The highest BCUT2D eigenvalue weighted by atomic mass is 35.5. The summed E-state index contributed by atoms with van der Waals surface area (Å²) in [6, 6.07) is 18.8. The molecule has 1 atom stereocenters. The van der Waals surface area contributed by atoms with Gasteiger partial charge >= 0.3 is 0 Å². The van der Waals surface area contributed by atoms with Crippen molar-refractivity contribution in [1.82, 2.24) is 5.32 Å². The van der Waals surface area contributed by atoms with E-state index < -0.39 is 0 Å². The van der Waals surface area contributed by atoms with Crippen LogP contribution in [0.15, 0.2) is 54.6 Å². The molecule has 3 nitrogen and oxygen atoms in total. The molecule has 1 unspecified atom stereocenters. The molecule has 1 heterocycles. The lowest BCUT2D eigenvalue weighted by atomic mass is 9.78. The molecular weight excluding hydrogens is 356 g/mol. The van der Waals surface area contributed by atoms with Crippen molar-refractivity contribution in [3.8, 4) is 0 Å². The van der Waals surface area contributed by atoms with Crippen LogP contribution in [0.3, 0.4) is 0 Å². The topological polar surface area (TPSA) is 32.3 Å². The SMILES string of the molecule is O=C(NCC1CCCN1c1ccccc1)C1(c2ccc(Cl)cc2)CCCC1. The van der Waals surface area contributed by atoms with E-state index in [1.165, 1.54) is 12.1 Å². The minimum atomic E-state index is -0.388. The van der Waals surface area contributed by atoms with Gasteiger partial charge in [-0.15, -0.1) is 0 Å². The van der Waals surface area contributed by atoms with E-state index in [0.29, 0.717) is 12.6 Å². The van der Waals surface area contributed by atoms with Crippen LogP contribution in [0.2, 0.25) is 5.02 Å². The van der Waals surface area contributed by atoms with Crippen molar-refractivity contribution in [2.45, 2.75) is 50.0 Å². The molecule has 4 heteroatoms. The third-order valence-electron chi connectivity index (χ3n) is 6.25. The molecule has 1 aliphatic heterocycles. The van der Waals surface area contributed by atoms with Crippen LogP contribution < -0.4 is 10.2 Å². The van der Waals surface area contributed by atoms with Gasteiger partial charge in [-0.3, -0.25) is 4.79 Å². The van der Waals surface area contributed by atoms with Gasteiger partial charge in [-0.25, -0.2) is 0 Å². The van der Waals surface area contributed by atoms with Crippen molar-refractivity contribution < 1.29 is 4.79 Å². The van der Waals surface area contributed by atoms with Gasteiger partial charge in [-0.05, 0) is 55.5 Å². The highest BCUT2D eigenvalue weighted by molar-refractivity contribution is 6.30. The number of benzene rings is 2. The van der Waals surface area contributed by atoms with Crippen molar-refractivity contribution in [2.75, 3.05) is 18.0 Å². The Bertz CT molecular complexity index is 769. The molecule has 1 aliphatic carbocycles. The number of hydrogen-bond acceptors (Lipinski definition) is 2. The van der Waals surface area contributed by atoms with Crippen molar-refractivity contribution in [2.24, 2.45) is 0 Å². The van der Waals surface area contributed by atoms with Gasteiger partial charge < -0.3 is 10.2 Å². The zero-order chi connectivity index (χ0) is 18.7. The Morgan fingerprint density at radius 1 is 1.04 bits per heavy atom. The highest BCUT2D eigenvalue weighted by Gasteiger charge is 2.42. The molecule has 2 fully saturated rings. The molecule has 1 saturated carbocycles. The molecule has 0 aromatic heterocycles. The zero-order valence-electron chi connectivity index (χ0n) is 15.7. The standard InChI is InChI=1S/C23H27ClN2O/c24-19-12-10-18(11-13-19)23(14-4-5-15-23)22(27)25-17-21-9-6-16-26(21)20-7-2-1-3-8-20/h1-3,7-8,10-13,21H,4-6,9,14-17H2,(H,25,27).